The van der Waals surface area contributed by atoms with Gasteiger partial charge in [-0.15, -0.1) is 0 Å². The molecule has 0 spiro atoms. The molecule has 1 aromatic heterocycles. The number of nitriles is 1. The Kier molecular flexibility index (Phi) is 3.24. The Morgan fingerprint density at radius 2 is 2.06 bits per heavy atom. The predicted octanol–water partition coefficient (Wildman–Crippen LogP) is 3.11. The van der Waals surface area contributed by atoms with Gasteiger partial charge in [0.2, 0.25) is 0 Å². The number of halogens is 1. The van der Waals surface area contributed by atoms with Crippen LogP contribution in [0.4, 0.5) is 10.2 Å². The Bertz CT molecular complexity index is 629. The van der Waals surface area contributed by atoms with Gasteiger partial charge in [-0.3, -0.25) is 0 Å². The summed E-state index contributed by atoms with van der Waals surface area (Å²) in [4.78, 5) is 4.35. The van der Waals surface area contributed by atoms with Gasteiger partial charge in [0.25, 0.3) is 0 Å². The maximum Gasteiger partial charge on any atom is 0.144 e. The number of aryl methyl sites for hydroxylation is 1. The number of rotatable bonds is 2. The highest BCUT2D eigenvalue weighted by atomic mass is 19.1. The van der Waals surface area contributed by atoms with Gasteiger partial charge in [0.1, 0.15) is 17.7 Å². The van der Waals surface area contributed by atoms with Crippen LogP contribution in [0.1, 0.15) is 11.1 Å². The molecule has 90 valence electrons. The normalized spacial score (nSPS) is 9.89. The van der Waals surface area contributed by atoms with E-state index in [9.17, 15) is 4.39 Å². The molecule has 3 nitrogen and oxygen atoms in total. The fourth-order valence-corrected chi connectivity index (χ4v) is 1.70. The molecule has 0 unspecified atom stereocenters. The maximum atomic E-state index is 13.2. The second-order valence-electron chi connectivity index (χ2n) is 3.92. The van der Waals surface area contributed by atoms with Gasteiger partial charge in [-0.1, -0.05) is 0 Å². The lowest BCUT2D eigenvalue weighted by Gasteiger charge is -2.07. The van der Waals surface area contributed by atoms with Crippen LogP contribution in [0.3, 0.4) is 0 Å². The lowest BCUT2D eigenvalue weighted by atomic mass is 10.1. The summed E-state index contributed by atoms with van der Waals surface area (Å²) in [7, 11) is 1.71. The van der Waals surface area contributed by atoms with Crippen molar-refractivity contribution in [2.45, 2.75) is 6.92 Å². The Morgan fingerprint density at radius 3 is 2.67 bits per heavy atom. The van der Waals surface area contributed by atoms with Crippen molar-refractivity contribution in [3.8, 4) is 17.3 Å². The van der Waals surface area contributed by atoms with Crippen molar-refractivity contribution in [1.82, 2.24) is 4.98 Å². The first-order chi connectivity index (χ1) is 8.65. The van der Waals surface area contributed by atoms with E-state index >= 15 is 0 Å². The standard InChI is InChI=1S/C14H12FN3/c1-9-7-10(3-5-12(9)15)13-6-4-11(8-16)14(17-2)18-13/h3-7H,1-2H3,(H,17,18). The highest BCUT2D eigenvalue weighted by Gasteiger charge is 2.07. The van der Waals surface area contributed by atoms with Crippen molar-refractivity contribution < 1.29 is 4.39 Å². The molecular weight excluding hydrogens is 229 g/mol. The minimum atomic E-state index is -0.235. The van der Waals surface area contributed by atoms with E-state index in [1.807, 2.05) is 0 Å². The summed E-state index contributed by atoms with van der Waals surface area (Å²) in [6.45, 7) is 1.71. The Balaban J connectivity index is 2.51. The third-order valence-electron chi connectivity index (χ3n) is 2.71. The summed E-state index contributed by atoms with van der Waals surface area (Å²) in [5, 5.41) is 11.8. The second kappa shape index (κ2) is 4.84. The fraction of sp³-hybridized carbons (Fsp3) is 0.143. The highest BCUT2D eigenvalue weighted by molar-refractivity contribution is 5.65. The van der Waals surface area contributed by atoms with Crippen LogP contribution in [0.5, 0.6) is 0 Å². The first kappa shape index (κ1) is 12.1. The number of nitrogens with one attached hydrogen (secondary N) is 1. The van der Waals surface area contributed by atoms with E-state index in [2.05, 4.69) is 16.4 Å². The largest absolute Gasteiger partial charge is 0.372 e. The third kappa shape index (κ3) is 2.16. The van der Waals surface area contributed by atoms with E-state index in [0.717, 1.165) is 5.56 Å². The van der Waals surface area contributed by atoms with Gasteiger partial charge >= 0.3 is 0 Å². The summed E-state index contributed by atoms with van der Waals surface area (Å²) in [5.41, 5.74) is 2.60. The molecule has 0 amide bonds. The first-order valence-electron chi connectivity index (χ1n) is 5.51. The molecule has 0 radical (unpaired) electrons. The predicted molar refractivity (Wildman–Crippen MR) is 68.6 cm³/mol. The van der Waals surface area contributed by atoms with E-state index in [-0.39, 0.29) is 5.82 Å². The molecule has 1 aromatic carbocycles. The molecule has 4 heteroatoms. The molecule has 0 aliphatic carbocycles. The fourth-order valence-electron chi connectivity index (χ4n) is 1.70. The van der Waals surface area contributed by atoms with Crippen molar-refractivity contribution in [1.29, 1.82) is 5.26 Å². The summed E-state index contributed by atoms with van der Waals surface area (Å²) < 4.78 is 13.2. The van der Waals surface area contributed by atoms with Crippen LogP contribution in [0, 0.1) is 24.1 Å². The van der Waals surface area contributed by atoms with Crippen LogP contribution < -0.4 is 5.32 Å². The number of anilines is 1. The van der Waals surface area contributed by atoms with E-state index in [1.54, 1.807) is 38.2 Å². The number of aromatic nitrogens is 1. The highest BCUT2D eigenvalue weighted by Crippen LogP contribution is 2.23. The Labute approximate surface area is 105 Å². The number of pyridine rings is 1. The lowest BCUT2D eigenvalue weighted by Crippen LogP contribution is -1.97. The monoisotopic (exact) mass is 241 g/mol. The number of nitrogens with zero attached hydrogens (tertiary/aromatic N) is 2. The van der Waals surface area contributed by atoms with Crippen LogP contribution in [-0.4, -0.2) is 12.0 Å². The van der Waals surface area contributed by atoms with Gasteiger partial charge in [0, 0.05) is 12.6 Å². The molecule has 1 N–H and O–H groups in total. The maximum absolute atomic E-state index is 13.2. The van der Waals surface area contributed by atoms with Gasteiger partial charge in [-0.2, -0.15) is 5.26 Å². The van der Waals surface area contributed by atoms with Crippen molar-refractivity contribution in [3.05, 3.63) is 47.3 Å². The van der Waals surface area contributed by atoms with E-state index < -0.39 is 0 Å². The zero-order valence-corrected chi connectivity index (χ0v) is 10.2. The summed E-state index contributed by atoms with van der Waals surface area (Å²) in [6, 6.07) is 10.4. The molecule has 0 bridgehead atoms. The van der Waals surface area contributed by atoms with Crippen LogP contribution >= 0.6 is 0 Å². The molecule has 2 aromatic rings. The molecular formula is C14H12FN3. The molecule has 0 saturated heterocycles. The molecule has 1 heterocycles. The molecule has 0 fully saturated rings. The van der Waals surface area contributed by atoms with Crippen molar-refractivity contribution >= 4 is 5.82 Å². The van der Waals surface area contributed by atoms with Gasteiger partial charge in [0.05, 0.1) is 11.3 Å². The third-order valence-corrected chi connectivity index (χ3v) is 2.71. The molecule has 0 saturated carbocycles. The minimum Gasteiger partial charge on any atom is -0.372 e. The number of hydrogen-bond donors (Lipinski definition) is 1. The minimum absolute atomic E-state index is 0.235. The average Bonchev–Trinajstić information content (AvgIpc) is 2.41. The van der Waals surface area contributed by atoms with Crippen LogP contribution in [-0.2, 0) is 0 Å². The zero-order chi connectivity index (χ0) is 13.1. The van der Waals surface area contributed by atoms with Crippen molar-refractivity contribution in [2.24, 2.45) is 0 Å². The van der Waals surface area contributed by atoms with Crippen molar-refractivity contribution in [3.63, 3.8) is 0 Å². The second-order valence-corrected chi connectivity index (χ2v) is 3.92. The van der Waals surface area contributed by atoms with Crippen LogP contribution in [0.25, 0.3) is 11.3 Å². The van der Waals surface area contributed by atoms with Gasteiger partial charge in [-0.05, 0) is 42.8 Å². The zero-order valence-electron chi connectivity index (χ0n) is 10.2. The summed E-state index contributed by atoms with van der Waals surface area (Å²) >= 11 is 0. The quantitative estimate of drug-likeness (QED) is 0.878. The van der Waals surface area contributed by atoms with Crippen LogP contribution in [0.2, 0.25) is 0 Å². The SMILES string of the molecule is CNc1nc(-c2ccc(F)c(C)c2)ccc1C#N. The van der Waals surface area contributed by atoms with E-state index in [1.165, 1.54) is 6.07 Å². The van der Waals surface area contributed by atoms with Gasteiger partial charge in [0.15, 0.2) is 0 Å². The van der Waals surface area contributed by atoms with Crippen LogP contribution in [0.15, 0.2) is 30.3 Å². The van der Waals surface area contributed by atoms with E-state index in [0.29, 0.717) is 22.6 Å². The smallest absolute Gasteiger partial charge is 0.144 e. The van der Waals surface area contributed by atoms with E-state index in [4.69, 9.17) is 5.26 Å². The number of benzene rings is 1. The van der Waals surface area contributed by atoms with Gasteiger partial charge in [-0.25, -0.2) is 9.37 Å². The Hall–Kier alpha value is -2.41. The summed E-state index contributed by atoms with van der Waals surface area (Å²) in [5.74, 6) is 0.290. The Morgan fingerprint density at radius 1 is 1.28 bits per heavy atom. The van der Waals surface area contributed by atoms with Gasteiger partial charge < -0.3 is 5.32 Å². The molecule has 2 rings (SSSR count). The van der Waals surface area contributed by atoms with Crippen molar-refractivity contribution in [2.75, 3.05) is 12.4 Å². The summed E-state index contributed by atoms with van der Waals surface area (Å²) in [6.07, 6.45) is 0. The molecule has 0 atom stereocenters. The average molecular weight is 241 g/mol. The molecule has 18 heavy (non-hydrogen) atoms. The number of hydrogen-bond acceptors (Lipinski definition) is 3. The molecule has 0 aliphatic heterocycles. The first-order valence-corrected chi connectivity index (χ1v) is 5.51. The lowest BCUT2D eigenvalue weighted by molar-refractivity contribution is 0.619. The topological polar surface area (TPSA) is 48.7 Å². The molecule has 0 aliphatic rings.